The van der Waals surface area contributed by atoms with Crippen molar-refractivity contribution in [3.63, 3.8) is 0 Å². The van der Waals surface area contributed by atoms with Gasteiger partial charge in [-0.05, 0) is 38.6 Å². The van der Waals surface area contributed by atoms with Crippen LogP contribution in [0.1, 0.15) is 47.9 Å². The molecule has 4 atom stereocenters. The van der Waals surface area contributed by atoms with Crippen LogP contribution in [-0.2, 0) is 18.7 Å². The van der Waals surface area contributed by atoms with Crippen molar-refractivity contribution < 1.29 is 35.2 Å². The third-order valence-electron chi connectivity index (χ3n) is 3.25. The minimum absolute atomic E-state index is 0. The number of carbonyl (C=O) groups is 2. The summed E-state index contributed by atoms with van der Waals surface area (Å²) in [5.41, 5.74) is 5.34. The molecule has 10 heteroatoms. The third-order valence-corrected chi connectivity index (χ3v) is 5.23. The van der Waals surface area contributed by atoms with E-state index in [1.54, 1.807) is 13.8 Å². The van der Waals surface area contributed by atoms with Gasteiger partial charge in [0.05, 0.1) is 12.5 Å². The highest BCUT2D eigenvalue weighted by Gasteiger charge is 2.40. The van der Waals surface area contributed by atoms with Crippen LogP contribution in [0, 0.1) is 5.92 Å². The van der Waals surface area contributed by atoms with Gasteiger partial charge in [0.25, 0.3) is 0 Å². The molecule has 0 aliphatic heterocycles. The van der Waals surface area contributed by atoms with Crippen molar-refractivity contribution >= 4 is 19.5 Å². The summed E-state index contributed by atoms with van der Waals surface area (Å²) in [5.74, 6) is -3.70. The Hall–Kier alpha value is -0.990. The van der Waals surface area contributed by atoms with Crippen molar-refractivity contribution in [2.75, 3.05) is 6.54 Å². The largest absolute Gasteiger partial charge is 0.479 e. The maximum absolute atomic E-state index is 12.5. The number of amides is 1. The molecule has 0 aliphatic carbocycles. The number of aliphatic hydroxyl groups excluding tert-OH is 1. The van der Waals surface area contributed by atoms with E-state index in [0.717, 1.165) is 0 Å². The van der Waals surface area contributed by atoms with Crippen molar-refractivity contribution in [2.24, 2.45) is 11.7 Å². The monoisotopic (exact) mass is 370 g/mol. The van der Waals surface area contributed by atoms with Gasteiger partial charge in [-0.25, -0.2) is 4.79 Å². The fourth-order valence-electron chi connectivity index (χ4n) is 2.06. The number of nitrogens with one attached hydrogen (secondary N) is 1. The number of aliphatic hydroxyl groups is 1. The van der Waals surface area contributed by atoms with Gasteiger partial charge < -0.3 is 26.2 Å². The summed E-state index contributed by atoms with van der Waals surface area (Å²) in [4.78, 5) is 33.2. The van der Waals surface area contributed by atoms with Gasteiger partial charge in [0, 0.05) is 1.43 Å². The molecule has 0 rings (SSSR count). The number of carboxylic acids is 1. The number of carbonyl (C=O) groups excluding carboxylic acids is 1. The normalized spacial score (nSPS) is 17.8. The van der Waals surface area contributed by atoms with Gasteiger partial charge >= 0.3 is 13.6 Å². The molecular weight excluding hydrogens is 339 g/mol. The van der Waals surface area contributed by atoms with Crippen molar-refractivity contribution in [1.29, 1.82) is 0 Å². The molecule has 0 saturated carbocycles. The van der Waals surface area contributed by atoms with Crippen molar-refractivity contribution in [3.8, 4) is 0 Å². The Labute approximate surface area is 143 Å². The van der Waals surface area contributed by atoms with Gasteiger partial charge in [-0.1, -0.05) is 13.8 Å². The zero-order valence-corrected chi connectivity index (χ0v) is 15.2. The smallest absolute Gasteiger partial charge is 0.351 e. The summed E-state index contributed by atoms with van der Waals surface area (Å²) >= 11 is 0. The molecule has 0 aromatic carbocycles. The van der Waals surface area contributed by atoms with Gasteiger partial charge in [-0.3, -0.25) is 13.9 Å². The predicted molar refractivity (Wildman–Crippen MR) is 90.4 cm³/mol. The molecule has 0 aromatic rings. The second-order valence-electron chi connectivity index (χ2n) is 6.09. The first kappa shape index (κ1) is 23.0. The number of hydrogen-bond donors (Lipinski definition) is 5. The third kappa shape index (κ3) is 8.75. The molecule has 0 spiro atoms. The first-order chi connectivity index (χ1) is 11.0. The summed E-state index contributed by atoms with van der Waals surface area (Å²) in [6.07, 6.45) is -1.54. The van der Waals surface area contributed by atoms with Crippen LogP contribution in [-0.4, -0.2) is 51.5 Å². The molecule has 144 valence electrons. The van der Waals surface area contributed by atoms with E-state index in [1.807, 2.05) is 0 Å². The molecule has 0 bridgehead atoms. The summed E-state index contributed by atoms with van der Waals surface area (Å²) in [7, 11) is -4.44. The highest BCUT2D eigenvalue weighted by Crippen LogP contribution is 2.50. The lowest BCUT2D eigenvalue weighted by molar-refractivity contribution is -0.145. The molecule has 0 saturated heterocycles. The van der Waals surface area contributed by atoms with Crippen LogP contribution >= 0.6 is 7.60 Å². The Morgan fingerprint density at radius 2 is 1.88 bits per heavy atom. The SMILES string of the molecule is CC(O)CC(=O)NC(C(C)C)P(=O)(O)OC(CCCCN)C(=O)O.[HH]. The van der Waals surface area contributed by atoms with E-state index in [-0.39, 0.29) is 14.3 Å². The quantitative estimate of drug-likeness (QED) is 0.250. The van der Waals surface area contributed by atoms with Gasteiger partial charge in [0.2, 0.25) is 5.91 Å². The number of carboxylic acid groups (broad SMARTS) is 1. The average molecular weight is 370 g/mol. The van der Waals surface area contributed by atoms with E-state index in [1.165, 1.54) is 6.92 Å². The summed E-state index contributed by atoms with van der Waals surface area (Å²) < 4.78 is 17.5. The van der Waals surface area contributed by atoms with E-state index in [9.17, 15) is 24.2 Å². The first-order valence-corrected chi connectivity index (χ1v) is 9.57. The molecule has 6 N–H and O–H groups in total. The van der Waals surface area contributed by atoms with Crippen LogP contribution in [0.15, 0.2) is 0 Å². The molecular formula is C14H31N2O7P. The van der Waals surface area contributed by atoms with Crippen LogP contribution in [0.25, 0.3) is 0 Å². The van der Waals surface area contributed by atoms with E-state index in [4.69, 9.17) is 15.4 Å². The van der Waals surface area contributed by atoms with Crippen molar-refractivity contribution in [3.05, 3.63) is 0 Å². The van der Waals surface area contributed by atoms with Gasteiger partial charge in [0.1, 0.15) is 5.78 Å². The average Bonchev–Trinajstić information content (AvgIpc) is 2.42. The molecule has 4 unspecified atom stereocenters. The van der Waals surface area contributed by atoms with E-state index in [0.29, 0.717) is 19.4 Å². The second kappa shape index (κ2) is 10.8. The lowest BCUT2D eigenvalue weighted by Crippen LogP contribution is -2.41. The van der Waals surface area contributed by atoms with E-state index < -0.39 is 43.4 Å². The summed E-state index contributed by atoms with van der Waals surface area (Å²) in [5, 5.41) is 20.7. The Morgan fingerprint density at radius 3 is 2.29 bits per heavy atom. The maximum atomic E-state index is 12.5. The van der Waals surface area contributed by atoms with E-state index in [2.05, 4.69) is 5.32 Å². The summed E-state index contributed by atoms with van der Waals surface area (Å²) in [6.45, 7) is 5.00. The van der Waals surface area contributed by atoms with Crippen LogP contribution in [0.2, 0.25) is 0 Å². The second-order valence-corrected chi connectivity index (χ2v) is 7.99. The molecule has 24 heavy (non-hydrogen) atoms. The minimum Gasteiger partial charge on any atom is -0.479 e. The van der Waals surface area contributed by atoms with Crippen molar-refractivity contribution in [1.82, 2.24) is 5.32 Å². The number of unbranched alkanes of at least 4 members (excludes halogenated alkanes) is 1. The maximum Gasteiger partial charge on any atom is 0.351 e. The molecule has 0 aromatic heterocycles. The van der Waals surface area contributed by atoms with Gasteiger partial charge in [0.15, 0.2) is 6.10 Å². The first-order valence-electron chi connectivity index (χ1n) is 7.92. The number of nitrogens with two attached hydrogens (primary N) is 1. The molecule has 9 nitrogen and oxygen atoms in total. The topological polar surface area (TPSA) is 159 Å². The Balaban J connectivity index is 0. The molecule has 0 fully saturated rings. The standard InChI is InChI=1S/C14H29N2O7P.H2/c1-9(2)13(16-12(18)8-10(3)17)24(21,22)23-11(14(19)20)6-4-5-7-15;/h9-11,13,17H,4-8,15H2,1-3H3,(H,16,18)(H,19,20)(H,21,22);1H. The van der Waals surface area contributed by atoms with Crippen LogP contribution in [0.3, 0.4) is 0 Å². The Morgan fingerprint density at radius 1 is 1.29 bits per heavy atom. The predicted octanol–water partition coefficient (Wildman–Crippen LogP) is 0.886. The zero-order valence-electron chi connectivity index (χ0n) is 14.3. The van der Waals surface area contributed by atoms with Crippen LogP contribution < -0.4 is 11.1 Å². The molecule has 0 radical (unpaired) electrons. The fraction of sp³-hybridized carbons (Fsp3) is 0.857. The zero-order chi connectivity index (χ0) is 18.9. The fourth-order valence-corrected chi connectivity index (χ4v) is 3.81. The van der Waals surface area contributed by atoms with Gasteiger partial charge in [-0.15, -0.1) is 0 Å². The van der Waals surface area contributed by atoms with E-state index >= 15 is 0 Å². The lowest BCUT2D eigenvalue weighted by Gasteiger charge is -2.28. The van der Waals surface area contributed by atoms with Crippen LogP contribution in [0.4, 0.5) is 0 Å². The number of aliphatic carboxylic acids is 1. The lowest BCUT2D eigenvalue weighted by atomic mass is 10.1. The number of rotatable bonds is 12. The Kier molecular flexibility index (Phi) is 10.3. The number of hydrogen-bond acceptors (Lipinski definition) is 6. The van der Waals surface area contributed by atoms with Crippen molar-refractivity contribution in [2.45, 2.75) is 64.4 Å². The van der Waals surface area contributed by atoms with Crippen LogP contribution in [0.5, 0.6) is 0 Å². The molecule has 1 amide bonds. The molecule has 0 heterocycles. The highest BCUT2D eigenvalue weighted by atomic mass is 31.2. The Bertz CT molecular complexity index is 462. The minimum atomic E-state index is -4.44. The molecule has 0 aliphatic rings. The summed E-state index contributed by atoms with van der Waals surface area (Å²) in [6, 6.07) is 0. The highest BCUT2D eigenvalue weighted by molar-refractivity contribution is 7.53. The van der Waals surface area contributed by atoms with Gasteiger partial charge in [-0.2, -0.15) is 0 Å².